The van der Waals surface area contributed by atoms with E-state index in [0.717, 1.165) is 6.42 Å². The molecule has 0 aliphatic carbocycles. The number of carbonyl (C=O) groups is 2. The maximum Gasteiger partial charge on any atom is 0.338 e. The monoisotopic (exact) mass is 221 g/mol. The van der Waals surface area contributed by atoms with Crippen LogP contribution in [0.4, 0.5) is 0 Å². The predicted octanol–water partition coefficient (Wildman–Crippen LogP) is 2.24. The van der Waals surface area contributed by atoms with Gasteiger partial charge in [-0.3, -0.25) is 9.78 Å². The van der Waals surface area contributed by atoms with E-state index < -0.39 is 5.97 Å². The van der Waals surface area contributed by atoms with Gasteiger partial charge in [0.2, 0.25) is 0 Å². The topological polar surface area (TPSA) is 56.3 Å². The third-order valence-electron chi connectivity index (χ3n) is 2.03. The molecular weight excluding hydrogens is 206 g/mol. The lowest BCUT2D eigenvalue weighted by molar-refractivity contribution is 0.0526. The molecule has 16 heavy (non-hydrogen) atoms. The number of esters is 1. The van der Waals surface area contributed by atoms with Gasteiger partial charge in [0.05, 0.1) is 12.2 Å². The Bertz CT molecular complexity index is 354. The Balaban J connectivity index is 2.86. The highest BCUT2D eigenvalue weighted by molar-refractivity contribution is 5.97. The minimum absolute atomic E-state index is 0.0475. The number of carbonyl (C=O) groups excluding carboxylic acids is 2. The van der Waals surface area contributed by atoms with Gasteiger partial charge in [0.15, 0.2) is 5.78 Å². The Morgan fingerprint density at radius 2 is 2.12 bits per heavy atom. The fourth-order valence-electron chi connectivity index (χ4n) is 1.28. The van der Waals surface area contributed by atoms with Gasteiger partial charge in [-0.15, -0.1) is 0 Å². The zero-order valence-corrected chi connectivity index (χ0v) is 9.53. The molecule has 0 aliphatic rings. The van der Waals surface area contributed by atoms with Gasteiger partial charge in [-0.05, 0) is 25.5 Å². The van der Waals surface area contributed by atoms with Crippen LogP contribution in [-0.4, -0.2) is 23.3 Å². The molecule has 0 bridgehead atoms. The summed E-state index contributed by atoms with van der Waals surface area (Å²) in [5.41, 5.74) is 0.698. The largest absolute Gasteiger partial charge is 0.462 e. The van der Waals surface area contributed by atoms with Gasteiger partial charge in [-0.25, -0.2) is 4.79 Å². The number of nitrogens with zero attached hydrogens (tertiary/aromatic N) is 1. The third kappa shape index (κ3) is 3.15. The molecule has 0 saturated carbocycles. The van der Waals surface area contributed by atoms with Crippen LogP contribution >= 0.6 is 0 Å². The van der Waals surface area contributed by atoms with E-state index in [-0.39, 0.29) is 5.78 Å². The molecule has 1 aromatic heterocycles. The zero-order valence-electron chi connectivity index (χ0n) is 9.53. The molecule has 0 aromatic carbocycles. The van der Waals surface area contributed by atoms with Crippen LogP contribution in [-0.2, 0) is 4.74 Å². The van der Waals surface area contributed by atoms with Gasteiger partial charge in [-0.1, -0.05) is 6.92 Å². The standard InChI is InChI=1S/C12H15NO3/c1-3-5-11(14)10-8-9(6-7-13-10)12(15)16-4-2/h6-8H,3-5H2,1-2H3. The van der Waals surface area contributed by atoms with Crippen LogP contribution in [0.1, 0.15) is 47.5 Å². The van der Waals surface area contributed by atoms with Crippen molar-refractivity contribution in [2.45, 2.75) is 26.7 Å². The Morgan fingerprint density at radius 3 is 2.75 bits per heavy atom. The van der Waals surface area contributed by atoms with E-state index in [0.29, 0.717) is 24.3 Å². The van der Waals surface area contributed by atoms with Crippen LogP contribution < -0.4 is 0 Å². The van der Waals surface area contributed by atoms with Crippen LogP contribution in [0.25, 0.3) is 0 Å². The van der Waals surface area contributed by atoms with Crippen molar-refractivity contribution in [2.24, 2.45) is 0 Å². The Labute approximate surface area is 94.6 Å². The van der Waals surface area contributed by atoms with Gasteiger partial charge < -0.3 is 4.74 Å². The summed E-state index contributed by atoms with van der Waals surface area (Å²) in [6.07, 6.45) is 2.67. The Kier molecular flexibility index (Phi) is 4.64. The number of rotatable bonds is 5. The van der Waals surface area contributed by atoms with Crippen LogP contribution in [0.3, 0.4) is 0 Å². The van der Waals surface area contributed by atoms with Crippen LogP contribution in [0.5, 0.6) is 0 Å². The normalized spacial score (nSPS) is 9.88. The second-order valence-electron chi connectivity index (χ2n) is 3.32. The lowest BCUT2D eigenvalue weighted by Gasteiger charge is -2.03. The second-order valence-corrected chi connectivity index (χ2v) is 3.32. The summed E-state index contributed by atoms with van der Waals surface area (Å²) in [5, 5.41) is 0. The first-order valence-electron chi connectivity index (χ1n) is 5.35. The smallest absolute Gasteiger partial charge is 0.338 e. The van der Waals surface area contributed by atoms with E-state index >= 15 is 0 Å². The molecule has 0 amide bonds. The molecule has 0 aliphatic heterocycles. The van der Waals surface area contributed by atoms with E-state index in [9.17, 15) is 9.59 Å². The zero-order chi connectivity index (χ0) is 12.0. The average molecular weight is 221 g/mol. The van der Waals surface area contributed by atoms with Gasteiger partial charge in [0, 0.05) is 12.6 Å². The number of ketones is 1. The molecule has 0 atom stereocenters. The molecule has 0 saturated heterocycles. The number of hydrogen-bond donors (Lipinski definition) is 0. The van der Waals surface area contributed by atoms with Crippen molar-refractivity contribution in [1.82, 2.24) is 4.98 Å². The van der Waals surface area contributed by atoms with E-state index in [1.807, 2.05) is 6.92 Å². The molecule has 0 fully saturated rings. The maximum absolute atomic E-state index is 11.6. The fraction of sp³-hybridized carbons (Fsp3) is 0.417. The minimum Gasteiger partial charge on any atom is -0.462 e. The summed E-state index contributed by atoms with van der Waals surface area (Å²) in [6.45, 7) is 3.98. The van der Waals surface area contributed by atoms with E-state index in [1.165, 1.54) is 12.3 Å². The van der Waals surface area contributed by atoms with Gasteiger partial charge in [0.1, 0.15) is 5.69 Å². The van der Waals surface area contributed by atoms with Crippen molar-refractivity contribution < 1.29 is 14.3 Å². The first-order chi connectivity index (χ1) is 7.69. The summed E-state index contributed by atoms with van der Waals surface area (Å²) >= 11 is 0. The lowest BCUT2D eigenvalue weighted by Crippen LogP contribution is -2.08. The molecular formula is C12H15NO3. The summed E-state index contributed by atoms with van der Waals surface area (Å²) < 4.78 is 4.84. The van der Waals surface area contributed by atoms with Crippen molar-refractivity contribution >= 4 is 11.8 Å². The van der Waals surface area contributed by atoms with Gasteiger partial charge in [-0.2, -0.15) is 0 Å². The highest BCUT2D eigenvalue weighted by atomic mass is 16.5. The first-order valence-corrected chi connectivity index (χ1v) is 5.35. The van der Waals surface area contributed by atoms with E-state index in [1.54, 1.807) is 13.0 Å². The molecule has 1 heterocycles. The van der Waals surface area contributed by atoms with Crippen LogP contribution in [0.2, 0.25) is 0 Å². The van der Waals surface area contributed by atoms with Gasteiger partial charge >= 0.3 is 5.97 Å². The molecule has 4 nitrogen and oxygen atoms in total. The number of Topliss-reactive ketones (excluding diaryl/α,β-unsaturated/α-hetero) is 1. The highest BCUT2D eigenvalue weighted by Gasteiger charge is 2.11. The van der Waals surface area contributed by atoms with Crippen molar-refractivity contribution in [3.63, 3.8) is 0 Å². The lowest BCUT2D eigenvalue weighted by atomic mass is 10.1. The van der Waals surface area contributed by atoms with E-state index in [2.05, 4.69) is 4.98 Å². The van der Waals surface area contributed by atoms with Crippen molar-refractivity contribution in [1.29, 1.82) is 0 Å². The van der Waals surface area contributed by atoms with Crippen molar-refractivity contribution in [2.75, 3.05) is 6.61 Å². The SMILES string of the molecule is CCCC(=O)c1cc(C(=O)OCC)ccn1. The average Bonchev–Trinajstić information content (AvgIpc) is 2.30. The number of pyridine rings is 1. The molecule has 1 aromatic rings. The molecule has 86 valence electrons. The summed E-state index contributed by atoms with van der Waals surface area (Å²) in [7, 11) is 0. The fourth-order valence-corrected chi connectivity index (χ4v) is 1.28. The molecule has 1 rings (SSSR count). The summed E-state index contributed by atoms with van der Waals surface area (Å²) in [4.78, 5) is 26.9. The minimum atomic E-state index is -0.421. The molecule has 0 N–H and O–H groups in total. The summed E-state index contributed by atoms with van der Waals surface area (Å²) in [6, 6.07) is 3.02. The number of hydrogen-bond acceptors (Lipinski definition) is 4. The highest BCUT2D eigenvalue weighted by Crippen LogP contribution is 2.07. The molecule has 0 unspecified atom stereocenters. The predicted molar refractivity (Wildman–Crippen MR) is 59.4 cm³/mol. The van der Waals surface area contributed by atoms with Crippen LogP contribution in [0, 0.1) is 0 Å². The molecule has 0 radical (unpaired) electrons. The molecule has 4 heteroatoms. The van der Waals surface area contributed by atoms with Crippen molar-refractivity contribution in [3.8, 4) is 0 Å². The van der Waals surface area contributed by atoms with Crippen molar-refractivity contribution in [3.05, 3.63) is 29.6 Å². The third-order valence-corrected chi connectivity index (χ3v) is 2.03. The van der Waals surface area contributed by atoms with Gasteiger partial charge in [0.25, 0.3) is 0 Å². The van der Waals surface area contributed by atoms with E-state index in [4.69, 9.17) is 4.74 Å². The molecule has 0 spiro atoms. The van der Waals surface area contributed by atoms with Crippen LogP contribution in [0.15, 0.2) is 18.3 Å². The number of ether oxygens (including phenoxy) is 1. The quantitative estimate of drug-likeness (QED) is 0.565. The maximum atomic E-state index is 11.6. The summed E-state index contributed by atoms with van der Waals surface area (Å²) in [5.74, 6) is -0.468. The first kappa shape index (κ1) is 12.4. The Hall–Kier alpha value is -1.71. The number of aromatic nitrogens is 1. The Morgan fingerprint density at radius 1 is 1.38 bits per heavy atom. The second kappa shape index (κ2) is 6.00.